The van der Waals surface area contributed by atoms with Crippen molar-refractivity contribution >= 4 is 6.16 Å². The minimum Gasteiger partial charge on any atom is -0.438 e. The molecule has 1 fully saturated rings. The van der Waals surface area contributed by atoms with Gasteiger partial charge in [0, 0.05) is 0 Å². The van der Waals surface area contributed by atoms with Gasteiger partial charge in [-0.25, -0.2) is 4.79 Å². The lowest BCUT2D eigenvalue weighted by Crippen LogP contribution is -2.58. The van der Waals surface area contributed by atoms with E-state index >= 15 is 0 Å². The van der Waals surface area contributed by atoms with Crippen molar-refractivity contribution in [2.45, 2.75) is 30.7 Å². The Balaban J connectivity index is 2.50. The van der Waals surface area contributed by atoms with Gasteiger partial charge >= 0.3 is 6.16 Å². The van der Waals surface area contributed by atoms with Gasteiger partial charge in [0.25, 0.3) is 0 Å². The van der Waals surface area contributed by atoms with Gasteiger partial charge in [0.1, 0.15) is 31.0 Å². The second-order valence-electron chi connectivity index (χ2n) is 3.30. The molecule has 1 heterocycles. The Labute approximate surface area is 91.0 Å². The molecule has 0 amide bonds. The lowest BCUT2D eigenvalue weighted by atomic mass is 9.99. The van der Waals surface area contributed by atoms with E-state index in [0.29, 0.717) is 0 Å². The lowest BCUT2D eigenvalue weighted by Gasteiger charge is -2.37. The van der Waals surface area contributed by atoms with Crippen LogP contribution in [0.25, 0.3) is 0 Å². The van der Waals surface area contributed by atoms with E-state index in [0.717, 1.165) is 7.11 Å². The summed E-state index contributed by atoms with van der Waals surface area (Å²) in [6.07, 6.45) is -8.41. The molecule has 0 aromatic rings. The number of ether oxygens (including phenoxy) is 3. The van der Waals surface area contributed by atoms with Crippen molar-refractivity contribution in [1.82, 2.24) is 0 Å². The SMILES string of the molecule is COC(=O)OC[C@H]1O[C@@H](O)[C@H](O)[C@@H](O)[C@@H]1O. The van der Waals surface area contributed by atoms with Crippen LogP contribution < -0.4 is 0 Å². The first kappa shape index (κ1) is 13.1. The molecule has 16 heavy (non-hydrogen) atoms. The third-order valence-electron chi connectivity index (χ3n) is 2.22. The molecule has 0 spiro atoms. The molecule has 1 aliphatic rings. The molecule has 8 heteroatoms. The zero-order valence-electron chi connectivity index (χ0n) is 8.52. The molecule has 0 aliphatic carbocycles. The molecule has 1 rings (SSSR count). The van der Waals surface area contributed by atoms with Crippen LogP contribution in [0.1, 0.15) is 0 Å². The van der Waals surface area contributed by atoms with Gasteiger partial charge in [-0.1, -0.05) is 0 Å². The molecule has 5 atom stereocenters. The predicted octanol–water partition coefficient (Wildman–Crippen LogP) is -2.43. The lowest BCUT2D eigenvalue weighted by molar-refractivity contribution is -0.286. The molecule has 0 aromatic carbocycles. The van der Waals surface area contributed by atoms with Crippen molar-refractivity contribution in [1.29, 1.82) is 0 Å². The zero-order valence-corrected chi connectivity index (χ0v) is 8.52. The standard InChI is InChI=1S/C8H14O8/c1-14-8(13)15-2-3-4(9)5(10)6(11)7(12)16-3/h3-7,9-12H,2H2,1H3/t3-,4-,5+,6-,7-/m1/s1. The van der Waals surface area contributed by atoms with Crippen LogP contribution in [0.4, 0.5) is 4.79 Å². The average Bonchev–Trinajstić information content (AvgIpc) is 2.28. The second kappa shape index (κ2) is 5.41. The fraction of sp³-hybridized carbons (Fsp3) is 0.875. The quantitative estimate of drug-likeness (QED) is 0.391. The van der Waals surface area contributed by atoms with Crippen LogP contribution in [0.3, 0.4) is 0 Å². The fourth-order valence-electron chi connectivity index (χ4n) is 1.28. The van der Waals surface area contributed by atoms with Gasteiger partial charge in [0.15, 0.2) is 6.29 Å². The summed E-state index contributed by atoms with van der Waals surface area (Å²) in [5.41, 5.74) is 0. The predicted molar refractivity (Wildman–Crippen MR) is 47.3 cm³/mol. The van der Waals surface area contributed by atoms with Crippen LogP contribution in [0.2, 0.25) is 0 Å². The molecule has 1 aliphatic heterocycles. The van der Waals surface area contributed by atoms with E-state index in [9.17, 15) is 15.0 Å². The molecule has 0 unspecified atom stereocenters. The Hall–Kier alpha value is -0.930. The first-order valence-corrected chi connectivity index (χ1v) is 4.56. The van der Waals surface area contributed by atoms with Crippen molar-refractivity contribution in [3.05, 3.63) is 0 Å². The highest BCUT2D eigenvalue weighted by molar-refractivity contribution is 5.59. The van der Waals surface area contributed by atoms with Crippen molar-refractivity contribution < 1.29 is 39.4 Å². The van der Waals surface area contributed by atoms with Gasteiger partial charge in [0.2, 0.25) is 0 Å². The summed E-state index contributed by atoms with van der Waals surface area (Å²) >= 11 is 0. The van der Waals surface area contributed by atoms with E-state index < -0.39 is 43.5 Å². The van der Waals surface area contributed by atoms with E-state index in [2.05, 4.69) is 9.47 Å². The molecule has 0 radical (unpaired) electrons. The van der Waals surface area contributed by atoms with E-state index in [1.54, 1.807) is 0 Å². The molecule has 4 N–H and O–H groups in total. The summed E-state index contributed by atoms with van der Waals surface area (Å²) in [6, 6.07) is 0. The normalized spacial score (nSPS) is 39.2. The smallest absolute Gasteiger partial charge is 0.438 e. The van der Waals surface area contributed by atoms with Gasteiger partial charge < -0.3 is 34.6 Å². The number of rotatable bonds is 2. The Kier molecular flexibility index (Phi) is 4.44. The molecular weight excluding hydrogens is 224 g/mol. The Bertz CT molecular complexity index is 244. The highest BCUT2D eigenvalue weighted by Crippen LogP contribution is 2.19. The summed E-state index contributed by atoms with van der Waals surface area (Å²) in [6.45, 7) is -0.408. The first-order valence-electron chi connectivity index (χ1n) is 4.56. The third kappa shape index (κ3) is 2.80. The number of aliphatic hydroxyl groups excluding tert-OH is 4. The number of methoxy groups -OCH3 is 1. The Morgan fingerprint density at radius 2 is 1.81 bits per heavy atom. The van der Waals surface area contributed by atoms with Gasteiger partial charge in [0.05, 0.1) is 7.11 Å². The summed E-state index contributed by atoms with van der Waals surface area (Å²) in [5.74, 6) is 0. The molecule has 0 bridgehead atoms. The van der Waals surface area contributed by atoms with Crippen molar-refractivity contribution in [3.8, 4) is 0 Å². The van der Waals surface area contributed by atoms with Crippen molar-refractivity contribution in [3.63, 3.8) is 0 Å². The van der Waals surface area contributed by atoms with E-state index in [1.807, 2.05) is 0 Å². The second-order valence-corrected chi connectivity index (χ2v) is 3.30. The molecule has 8 nitrogen and oxygen atoms in total. The van der Waals surface area contributed by atoms with Crippen molar-refractivity contribution in [2.24, 2.45) is 0 Å². The average molecular weight is 238 g/mol. The van der Waals surface area contributed by atoms with E-state index in [1.165, 1.54) is 0 Å². The maximum atomic E-state index is 10.6. The highest BCUT2D eigenvalue weighted by Gasteiger charge is 2.43. The summed E-state index contributed by atoms with van der Waals surface area (Å²) in [7, 11) is 1.11. The van der Waals surface area contributed by atoms with E-state index in [4.69, 9.17) is 14.9 Å². The Morgan fingerprint density at radius 3 is 2.38 bits per heavy atom. The molecule has 94 valence electrons. The minimum atomic E-state index is -1.65. The van der Waals surface area contributed by atoms with Crippen LogP contribution in [0.5, 0.6) is 0 Å². The minimum absolute atomic E-state index is 0.408. The van der Waals surface area contributed by atoms with Gasteiger partial charge in [-0.2, -0.15) is 0 Å². The van der Waals surface area contributed by atoms with Crippen LogP contribution in [0, 0.1) is 0 Å². The highest BCUT2D eigenvalue weighted by atomic mass is 16.7. The molecule has 0 saturated carbocycles. The van der Waals surface area contributed by atoms with Crippen LogP contribution in [0.15, 0.2) is 0 Å². The fourth-order valence-corrected chi connectivity index (χ4v) is 1.28. The van der Waals surface area contributed by atoms with Gasteiger partial charge in [-0.3, -0.25) is 0 Å². The topological polar surface area (TPSA) is 126 Å². The van der Waals surface area contributed by atoms with Gasteiger partial charge in [-0.05, 0) is 0 Å². The molecular formula is C8H14O8. The number of hydrogen-bond acceptors (Lipinski definition) is 8. The van der Waals surface area contributed by atoms with Crippen molar-refractivity contribution in [2.75, 3.05) is 13.7 Å². The van der Waals surface area contributed by atoms with E-state index in [-0.39, 0.29) is 0 Å². The molecule has 0 aromatic heterocycles. The van der Waals surface area contributed by atoms with Crippen LogP contribution in [-0.4, -0.2) is 71.0 Å². The monoisotopic (exact) mass is 238 g/mol. The summed E-state index contributed by atoms with van der Waals surface area (Å²) in [5, 5.41) is 37.0. The Morgan fingerprint density at radius 1 is 1.19 bits per heavy atom. The largest absolute Gasteiger partial charge is 0.508 e. The molecule has 1 saturated heterocycles. The van der Waals surface area contributed by atoms with Gasteiger partial charge in [-0.15, -0.1) is 0 Å². The maximum absolute atomic E-state index is 10.6. The van der Waals surface area contributed by atoms with Crippen LogP contribution in [-0.2, 0) is 14.2 Å². The summed E-state index contributed by atoms with van der Waals surface area (Å²) in [4.78, 5) is 10.6. The van der Waals surface area contributed by atoms with Crippen LogP contribution >= 0.6 is 0 Å². The summed E-state index contributed by atoms with van der Waals surface area (Å²) < 4.78 is 13.4. The maximum Gasteiger partial charge on any atom is 0.508 e. The zero-order chi connectivity index (χ0) is 12.3. The number of carbonyl (C=O) groups excluding carboxylic acids is 1. The first-order chi connectivity index (χ1) is 7.47. The third-order valence-corrected chi connectivity index (χ3v) is 2.22. The number of aliphatic hydroxyl groups is 4. The number of carbonyl (C=O) groups is 1. The number of hydrogen-bond donors (Lipinski definition) is 4.